The Balaban J connectivity index is 2.02. The molecular formula is C13H19N. The van der Waals surface area contributed by atoms with Crippen molar-refractivity contribution in [3.05, 3.63) is 29.3 Å². The molecule has 0 aliphatic heterocycles. The van der Waals surface area contributed by atoms with Crippen LogP contribution in [0, 0.1) is 19.8 Å². The van der Waals surface area contributed by atoms with Gasteiger partial charge in [0.2, 0.25) is 0 Å². The lowest BCUT2D eigenvalue weighted by atomic mass is 9.82. The summed E-state index contributed by atoms with van der Waals surface area (Å²) in [6, 6.07) is 7.40. The highest BCUT2D eigenvalue weighted by Crippen LogP contribution is 2.29. The van der Waals surface area contributed by atoms with Crippen LogP contribution >= 0.6 is 0 Å². The van der Waals surface area contributed by atoms with E-state index in [1.165, 1.54) is 29.7 Å². The third-order valence-corrected chi connectivity index (χ3v) is 2.97. The summed E-state index contributed by atoms with van der Waals surface area (Å²) in [6.45, 7) is 6.63. The van der Waals surface area contributed by atoms with Crippen LogP contribution in [0.15, 0.2) is 18.2 Å². The van der Waals surface area contributed by atoms with Crippen LogP contribution < -0.4 is 5.32 Å². The highest BCUT2D eigenvalue weighted by molar-refractivity contribution is 5.49. The smallest absolute Gasteiger partial charge is 0.0347 e. The van der Waals surface area contributed by atoms with Crippen LogP contribution in [0.25, 0.3) is 0 Å². The molecule has 1 heteroatoms. The molecule has 0 amide bonds. The van der Waals surface area contributed by atoms with E-state index in [2.05, 4.69) is 44.3 Å². The summed E-state index contributed by atoms with van der Waals surface area (Å²) in [7, 11) is 0. The predicted molar refractivity (Wildman–Crippen MR) is 61.7 cm³/mol. The number of aryl methyl sites for hydroxylation is 2. The van der Waals surface area contributed by atoms with Crippen molar-refractivity contribution in [2.75, 3.05) is 5.32 Å². The lowest BCUT2D eigenvalue weighted by Crippen LogP contribution is -2.33. The molecule has 1 nitrogen and oxygen atoms in total. The summed E-state index contributed by atoms with van der Waals surface area (Å²) >= 11 is 0. The predicted octanol–water partition coefficient (Wildman–Crippen LogP) is 3.51. The van der Waals surface area contributed by atoms with Gasteiger partial charge in [0.25, 0.3) is 0 Å². The Hall–Kier alpha value is -0.980. The van der Waals surface area contributed by atoms with Gasteiger partial charge < -0.3 is 5.32 Å². The van der Waals surface area contributed by atoms with Crippen molar-refractivity contribution in [1.29, 1.82) is 0 Å². The van der Waals surface area contributed by atoms with E-state index >= 15 is 0 Å². The zero-order valence-electron chi connectivity index (χ0n) is 9.30. The molecule has 14 heavy (non-hydrogen) atoms. The van der Waals surface area contributed by atoms with Crippen molar-refractivity contribution in [3.8, 4) is 0 Å². The van der Waals surface area contributed by atoms with Gasteiger partial charge in [0, 0.05) is 11.7 Å². The molecule has 1 aromatic carbocycles. The maximum atomic E-state index is 3.59. The maximum Gasteiger partial charge on any atom is 0.0347 e. The largest absolute Gasteiger partial charge is 0.382 e. The van der Waals surface area contributed by atoms with Crippen LogP contribution in [0.1, 0.15) is 30.9 Å². The van der Waals surface area contributed by atoms with E-state index in [-0.39, 0.29) is 0 Å². The van der Waals surface area contributed by atoms with Gasteiger partial charge in [-0.1, -0.05) is 13.0 Å². The molecule has 2 rings (SSSR count). The SMILES string of the molecule is Cc1cc(C)cc(NC2CC(C)C2)c1. The molecule has 1 aliphatic rings. The van der Waals surface area contributed by atoms with Crippen LogP contribution in [0.3, 0.4) is 0 Å². The fraction of sp³-hybridized carbons (Fsp3) is 0.538. The average Bonchev–Trinajstić information content (AvgIpc) is 1.99. The fourth-order valence-electron chi connectivity index (χ4n) is 2.31. The minimum atomic E-state index is 0.714. The molecule has 0 heterocycles. The standard InChI is InChI=1S/C13H19N/c1-9-4-10(2)6-12(5-9)14-13-7-11(3)8-13/h4-6,11,13-14H,7-8H2,1-3H3. The lowest BCUT2D eigenvalue weighted by Gasteiger charge is -2.34. The highest BCUT2D eigenvalue weighted by atomic mass is 14.9. The molecule has 0 radical (unpaired) electrons. The van der Waals surface area contributed by atoms with E-state index in [4.69, 9.17) is 0 Å². The molecule has 76 valence electrons. The number of hydrogen-bond donors (Lipinski definition) is 1. The van der Waals surface area contributed by atoms with Gasteiger partial charge in [-0.3, -0.25) is 0 Å². The number of benzene rings is 1. The Labute approximate surface area is 86.5 Å². The van der Waals surface area contributed by atoms with Crippen molar-refractivity contribution < 1.29 is 0 Å². The van der Waals surface area contributed by atoms with Crippen molar-refractivity contribution in [2.45, 2.75) is 39.7 Å². The van der Waals surface area contributed by atoms with Gasteiger partial charge in [-0.25, -0.2) is 0 Å². The lowest BCUT2D eigenvalue weighted by molar-refractivity contribution is 0.309. The van der Waals surface area contributed by atoms with Crippen molar-refractivity contribution in [2.24, 2.45) is 5.92 Å². The molecule has 1 fully saturated rings. The molecule has 1 aromatic rings. The summed E-state index contributed by atoms with van der Waals surface area (Å²) in [4.78, 5) is 0. The van der Waals surface area contributed by atoms with Crippen molar-refractivity contribution in [1.82, 2.24) is 0 Å². The topological polar surface area (TPSA) is 12.0 Å². The molecule has 1 saturated carbocycles. The van der Waals surface area contributed by atoms with Gasteiger partial charge in [-0.15, -0.1) is 0 Å². The van der Waals surface area contributed by atoms with Gasteiger partial charge in [0.15, 0.2) is 0 Å². The molecule has 0 bridgehead atoms. The summed E-state index contributed by atoms with van der Waals surface area (Å²) in [6.07, 6.45) is 2.65. The summed E-state index contributed by atoms with van der Waals surface area (Å²) in [5.41, 5.74) is 3.99. The van der Waals surface area contributed by atoms with Crippen molar-refractivity contribution >= 4 is 5.69 Å². The third-order valence-electron chi connectivity index (χ3n) is 2.97. The number of anilines is 1. The quantitative estimate of drug-likeness (QED) is 0.750. The summed E-state index contributed by atoms with van der Waals surface area (Å²) in [5.74, 6) is 0.915. The van der Waals surface area contributed by atoms with E-state index in [1.54, 1.807) is 0 Å². The summed E-state index contributed by atoms with van der Waals surface area (Å²) < 4.78 is 0. The molecular weight excluding hydrogens is 170 g/mol. The number of nitrogens with one attached hydrogen (secondary N) is 1. The fourth-order valence-corrected chi connectivity index (χ4v) is 2.31. The van der Waals surface area contributed by atoms with Crippen LogP contribution in [-0.2, 0) is 0 Å². The van der Waals surface area contributed by atoms with Crippen LogP contribution in [-0.4, -0.2) is 6.04 Å². The number of hydrogen-bond acceptors (Lipinski definition) is 1. The molecule has 0 unspecified atom stereocenters. The van der Waals surface area contributed by atoms with Crippen molar-refractivity contribution in [3.63, 3.8) is 0 Å². The van der Waals surface area contributed by atoms with Crippen LogP contribution in [0.5, 0.6) is 0 Å². The second-order valence-electron chi connectivity index (χ2n) is 4.79. The van der Waals surface area contributed by atoms with E-state index in [0.29, 0.717) is 6.04 Å². The number of rotatable bonds is 2. The van der Waals surface area contributed by atoms with E-state index in [9.17, 15) is 0 Å². The minimum absolute atomic E-state index is 0.714. The van der Waals surface area contributed by atoms with Crippen LogP contribution in [0.2, 0.25) is 0 Å². The van der Waals surface area contributed by atoms with Gasteiger partial charge >= 0.3 is 0 Å². The second kappa shape index (κ2) is 3.64. The third kappa shape index (κ3) is 2.09. The van der Waals surface area contributed by atoms with E-state index in [1.807, 2.05) is 0 Å². The molecule has 0 spiro atoms. The average molecular weight is 189 g/mol. The first-order chi connectivity index (χ1) is 6.63. The first-order valence-corrected chi connectivity index (χ1v) is 5.48. The molecule has 0 saturated heterocycles. The van der Waals surface area contributed by atoms with Gasteiger partial charge in [-0.05, 0) is 55.9 Å². The zero-order chi connectivity index (χ0) is 10.1. The molecule has 1 N–H and O–H groups in total. The first kappa shape index (κ1) is 9.57. The Morgan fingerprint density at radius 2 is 1.64 bits per heavy atom. The highest BCUT2D eigenvalue weighted by Gasteiger charge is 2.24. The van der Waals surface area contributed by atoms with Gasteiger partial charge in [0.1, 0.15) is 0 Å². The van der Waals surface area contributed by atoms with Crippen LogP contribution in [0.4, 0.5) is 5.69 Å². The Kier molecular flexibility index (Phi) is 2.49. The second-order valence-corrected chi connectivity index (χ2v) is 4.79. The van der Waals surface area contributed by atoms with E-state index < -0.39 is 0 Å². The Morgan fingerprint density at radius 3 is 2.14 bits per heavy atom. The normalized spacial score (nSPS) is 25.6. The molecule has 1 aliphatic carbocycles. The molecule has 0 aromatic heterocycles. The Morgan fingerprint density at radius 1 is 1.07 bits per heavy atom. The van der Waals surface area contributed by atoms with Gasteiger partial charge in [0.05, 0.1) is 0 Å². The minimum Gasteiger partial charge on any atom is -0.382 e. The Bertz CT molecular complexity index is 304. The maximum absolute atomic E-state index is 3.59. The molecule has 0 atom stereocenters. The van der Waals surface area contributed by atoms with Gasteiger partial charge in [-0.2, -0.15) is 0 Å². The van der Waals surface area contributed by atoms with E-state index in [0.717, 1.165) is 5.92 Å². The zero-order valence-corrected chi connectivity index (χ0v) is 9.30. The summed E-state index contributed by atoms with van der Waals surface area (Å²) in [5, 5.41) is 3.59. The monoisotopic (exact) mass is 189 g/mol. The first-order valence-electron chi connectivity index (χ1n) is 5.48.